The summed E-state index contributed by atoms with van der Waals surface area (Å²) in [7, 11) is 0. The van der Waals surface area contributed by atoms with Crippen molar-refractivity contribution in [2.45, 2.75) is 5.92 Å². The second kappa shape index (κ2) is 6.20. The zero-order chi connectivity index (χ0) is 17.3. The van der Waals surface area contributed by atoms with Gasteiger partial charge in [0, 0.05) is 22.7 Å². The molecule has 1 atom stereocenters. The third-order valence-corrected chi connectivity index (χ3v) is 5.14. The highest BCUT2D eigenvalue weighted by molar-refractivity contribution is 6.01. The molecule has 0 heterocycles. The standard InChI is InChI=1S/C25H19N/c1-3-8-18(9-4-1)20-14-15-23-21-12-7-13-25(24(21)17-16-22(20)23)26-19-10-5-2-6-11-19/h1-17,20,26H. The minimum atomic E-state index is 0.348. The maximum absolute atomic E-state index is 3.56. The van der Waals surface area contributed by atoms with Gasteiger partial charge in [-0.1, -0.05) is 84.9 Å². The van der Waals surface area contributed by atoms with Gasteiger partial charge in [-0.3, -0.25) is 0 Å². The molecule has 0 spiro atoms. The lowest BCUT2D eigenvalue weighted by Crippen LogP contribution is -1.97. The highest BCUT2D eigenvalue weighted by atomic mass is 14.9. The van der Waals surface area contributed by atoms with E-state index in [0.717, 1.165) is 11.4 Å². The first kappa shape index (κ1) is 15.0. The number of benzene rings is 4. The second-order valence-electron chi connectivity index (χ2n) is 6.71. The lowest BCUT2D eigenvalue weighted by atomic mass is 9.91. The molecule has 4 aromatic rings. The van der Waals surface area contributed by atoms with Gasteiger partial charge in [-0.15, -0.1) is 0 Å². The largest absolute Gasteiger partial charge is 0.355 e. The van der Waals surface area contributed by atoms with Gasteiger partial charge in [-0.05, 0) is 40.3 Å². The molecule has 0 aromatic heterocycles. The molecule has 124 valence electrons. The number of rotatable bonds is 3. The zero-order valence-corrected chi connectivity index (χ0v) is 14.4. The smallest absolute Gasteiger partial charge is 0.0464 e. The van der Waals surface area contributed by atoms with Crippen LogP contribution < -0.4 is 5.32 Å². The monoisotopic (exact) mass is 333 g/mol. The van der Waals surface area contributed by atoms with E-state index in [1.165, 1.54) is 27.5 Å². The molecule has 26 heavy (non-hydrogen) atoms. The molecule has 0 saturated carbocycles. The van der Waals surface area contributed by atoms with Crippen LogP contribution in [0.5, 0.6) is 0 Å². The Morgan fingerprint density at radius 1 is 0.615 bits per heavy atom. The number of fused-ring (bicyclic) bond motifs is 3. The lowest BCUT2D eigenvalue weighted by Gasteiger charge is -2.15. The fraction of sp³-hybridized carbons (Fsp3) is 0.0400. The quantitative estimate of drug-likeness (QED) is 0.437. The summed E-state index contributed by atoms with van der Waals surface area (Å²) in [5, 5.41) is 6.12. The van der Waals surface area contributed by atoms with Crippen LogP contribution >= 0.6 is 0 Å². The van der Waals surface area contributed by atoms with E-state index in [1.807, 2.05) is 6.07 Å². The topological polar surface area (TPSA) is 12.0 Å². The molecule has 1 aliphatic carbocycles. The van der Waals surface area contributed by atoms with E-state index in [9.17, 15) is 0 Å². The Labute approximate surface area is 153 Å². The third-order valence-electron chi connectivity index (χ3n) is 5.14. The van der Waals surface area contributed by atoms with E-state index < -0.39 is 0 Å². The minimum absolute atomic E-state index is 0.348. The fourth-order valence-electron chi connectivity index (χ4n) is 3.89. The fourth-order valence-corrected chi connectivity index (χ4v) is 3.89. The number of para-hydroxylation sites is 1. The molecule has 0 bridgehead atoms. The van der Waals surface area contributed by atoms with Crippen molar-refractivity contribution in [2.24, 2.45) is 0 Å². The summed E-state index contributed by atoms with van der Waals surface area (Å²) in [5.41, 5.74) is 6.33. The maximum Gasteiger partial charge on any atom is 0.0464 e. The Kier molecular flexibility index (Phi) is 3.57. The Balaban J connectivity index is 1.61. The summed E-state index contributed by atoms with van der Waals surface area (Å²) in [6, 6.07) is 32.1. The summed E-state index contributed by atoms with van der Waals surface area (Å²) in [6.45, 7) is 0. The number of anilines is 2. The van der Waals surface area contributed by atoms with Crippen LogP contribution in [0.4, 0.5) is 11.4 Å². The predicted molar refractivity (Wildman–Crippen MR) is 111 cm³/mol. The first-order valence-electron chi connectivity index (χ1n) is 9.01. The van der Waals surface area contributed by atoms with Crippen LogP contribution in [-0.2, 0) is 0 Å². The number of nitrogens with one attached hydrogen (secondary N) is 1. The molecule has 1 N–H and O–H groups in total. The molecule has 1 unspecified atom stereocenters. The van der Waals surface area contributed by atoms with Crippen LogP contribution in [0.25, 0.3) is 16.8 Å². The van der Waals surface area contributed by atoms with Crippen LogP contribution in [0.1, 0.15) is 22.6 Å². The minimum Gasteiger partial charge on any atom is -0.355 e. The molecule has 1 nitrogen and oxygen atoms in total. The van der Waals surface area contributed by atoms with Gasteiger partial charge < -0.3 is 5.32 Å². The molecule has 0 aliphatic heterocycles. The molecule has 0 amide bonds. The SMILES string of the molecule is C1=CC(c2ccccc2)c2ccc3c(Nc4ccccc4)cccc3c21. The highest BCUT2D eigenvalue weighted by Gasteiger charge is 2.21. The van der Waals surface area contributed by atoms with Gasteiger partial charge in [0.25, 0.3) is 0 Å². The van der Waals surface area contributed by atoms with E-state index in [1.54, 1.807) is 0 Å². The van der Waals surface area contributed by atoms with Crippen molar-refractivity contribution in [2.75, 3.05) is 5.32 Å². The van der Waals surface area contributed by atoms with Crippen molar-refractivity contribution in [3.63, 3.8) is 0 Å². The average molecular weight is 333 g/mol. The molecule has 0 radical (unpaired) electrons. The van der Waals surface area contributed by atoms with Crippen LogP contribution in [0, 0.1) is 0 Å². The van der Waals surface area contributed by atoms with Gasteiger partial charge in [0.2, 0.25) is 0 Å². The van der Waals surface area contributed by atoms with Gasteiger partial charge in [0.15, 0.2) is 0 Å². The molecule has 0 saturated heterocycles. The van der Waals surface area contributed by atoms with Gasteiger partial charge >= 0.3 is 0 Å². The molecule has 4 aromatic carbocycles. The van der Waals surface area contributed by atoms with Crippen LogP contribution in [0.3, 0.4) is 0 Å². The molecular weight excluding hydrogens is 314 g/mol. The van der Waals surface area contributed by atoms with Crippen LogP contribution in [-0.4, -0.2) is 0 Å². The Morgan fingerprint density at radius 2 is 1.38 bits per heavy atom. The zero-order valence-electron chi connectivity index (χ0n) is 14.4. The van der Waals surface area contributed by atoms with E-state index in [0.29, 0.717) is 5.92 Å². The number of allylic oxidation sites excluding steroid dienone is 1. The Bertz CT molecular complexity index is 1100. The van der Waals surface area contributed by atoms with Crippen LogP contribution in [0.15, 0.2) is 97.1 Å². The number of hydrogen-bond donors (Lipinski definition) is 1. The van der Waals surface area contributed by atoms with Crippen LogP contribution in [0.2, 0.25) is 0 Å². The van der Waals surface area contributed by atoms with E-state index in [-0.39, 0.29) is 0 Å². The van der Waals surface area contributed by atoms with E-state index in [4.69, 9.17) is 0 Å². The van der Waals surface area contributed by atoms with Gasteiger partial charge in [-0.25, -0.2) is 0 Å². The van der Waals surface area contributed by atoms with Crippen molar-refractivity contribution in [3.05, 3.63) is 114 Å². The van der Waals surface area contributed by atoms with Crippen molar-refractivity contribution in [3.8, 4) is 0 Å². The molecule has 1 heteroatoms. The summed E-state index contributed by atoms with van der Waals surface area (Å²) in [5.74, 6) is 0.348. The van der Waals surface area contributed by atoms with Gasteiger partial charge in [-0.2, -0.15) is 0 Å². The van der Waals surface area contributed by atoms with Gasteiger partial charge in [0.1, 0.15) is 0 Å². The van der Waals surface area contributed by atoms with E-state index >= 15 is 0 Å². The summed E-state index contributed by atoms with van der Waals surface area (Å²) in [6.07, 6.45) is 4.60. The highest BCUT2D eigenvalue weighted by Crippen LogP contribution is 2.40. The van der Waals surface area contributed by atoms with Crippen molar-refractivity contribution in [1.82, 2.24) is 0 Å². The summed E-state index contributed by atoms with van der Waals surface area (Å²) in [4.78, 5) is 0. The van der Waals surface area contributed by atoms with Crippen molar-refractivity contribution >= 4 is 28.2 Å². The molecule has 1 aliphatic rings. The van der Waals surface area contributed by atoms with E-state index in [2.05, 4.69) is 102 Å². The van der Waals surface area contributed by atoms with Crippen molar-refractivity contribution in [1.29, 1.82) is 0 Å². The molecular formula is C25H19N. The Morgan fingerprint density at radius 3 is 2.19 bits per heavy atom. The predicted octanol–water partition coefficient (Wildman–Crippen LogP) is 6.74. The molecule has 0 fully saturated rings. The Hall–Kier alpha value is -3.32. The normalized spacial score (nSPS) is 15.2. The number of hydrogen-bond acceptors (Lipinski definition) is 1. The van der Waals surface area contributed by atoms with Crippen molar-refractivity contribution < 1.29 is 0 Å². The first-order valence-corrected chi connectivity index (χ1v) is 9.01. The van der Waals surface area contributed by atoms with Gasteiger partial charge in [0.05, 0.1) is 0 Å². The lowest BCUT2D eigenvalue weighted by molar-refractivity contribution is 1.05. The maximum atomic E-state index is 3.56. The molecule has 5 rings (SSSR count). The average Bonchev–Trinajstić information content (AvgIpc) is 3.14. The summed E-state index contributed by atoms with van der Waals surface area (Å²) < 4.78 is 0. The first-order chi connectivity index (χ1) is 12.9. The summed E-state index contributed by atoms with van der Waals surface area (Å²) >= 11 is 0. The third kappa shape index (κ3) is 2.49. The second-order valence-corrected chi connectivity index (χ2v) is 6.71.